The maximum Gasteiger partial charge on any atom is 0.256 e. The number of nitrogens with zero attached hydrogens (tertiary/aromatic N) is 1. The smallest absolute Gasteiger partial charge is 0.256 e. The number of hydrogen-bond donors (Lipinski definition) is 1. The minimum Gasteiger partial charge on any atom is -0.337 e. The lowest BCUT2D eigenvalue weighted by molar-refractivity contribution is -0.113. The molecule has 3 rings (SSSR count). The molecule has 0 spiro atoms. The van der Waals surface area contributed by atoms with Crippen LogP contribution in [0.15, 0.2) is 89.8 Å². The summed E-state index contributed by atoms with van der Waals surface area (Å²) in [6, 6.07) is 26.7. The van der Waals surface area contributed by atoms with E-state index in [1.54, 1.807) is 30.1 Å². The number of benzene rings is 3. The van der Waals surface area contributed by atoms with E-state index in [4.69, 9.17) is 0 Å². The molecule has 0 saturated carbocycles. The molecular weight excluding hydrogens is 368 g/mol. The third-order valence-electron chi connectivity index (χ3n) is 4.15. The third kappa shape index (κ3) is 5.47. The first kappa shape index (κ1) is 19.7. The summed E-state index contributed by atoms with van der Waals surface area (Å²) < 4.78 is 0. The molecule has 0 heterocycles. The molecule has 5 heteroatoms. The number of carbonyl (C=O) groups is 2. The van der Waals surface area contributed by atoms with Crippen LogP contribution in [0.1, 0.15) is 15.9 Å². The average molecular weight is 391 g/mol. The Morgan fingerprint density at radius 2 is 1.46 bits per heavy atom. The lowest BCUT2D eigenvalue weighted by Crippen LogP contribution is -2.27. The molecule has 0 fully saturated rings. The topological polar surface area (TPSA) is 49.4 Å². The van der Waals surface area contributed by atoms with Crippen LogP contribution in [-0.2, 0) is 11.3 Å². The quantitative estimate of drug-likeness (QED) is 0.596. The van der Waals surface area contributed by atoms with Crippen LogP contribution in [-0.4, -0.2) is 29.5 Å². The molecule has 0 aromatic heterocycles. The van der Waals surface area contributed by atoms with Crippen molar-refractivity contribution in [2.45, 2.75) is 11.4 Å². The van der Waals surface area contributed by atoms with Gasteiger partial charge in [0.05, 0.1) is 17.0 Å². The fraction of sp³-hybridized carbons (Fsp3) is 0.130. The summed E-state index contributed by atoms with van der Waals surface area (Å²) >= 11 is 1.46. The molecule has 0 unspecified atom stereocenters. The van der Waals surface area contributed by atoms with Crippen molar-refractivity contribution < 1.29 is 9.59 Å². The van der Waals surface area contributed by atoms with Crippen molar-refractivity contribution in [1.29, 1.82) is 0 Å². The first-order valence-corrected chi connectivity index (χ1v) is 9.98. The van der Waals surface area contributed by atoms with E-state index in [0.29, 0.717) is 17.8 Å². The summed E-state index contributed by atoms with van der Waals surface area (Å²) in [7, 11) is 1.76. The van der Waals surface area contributed by atoms with Gasteiger partial charge in [0.25, 0.3) is 5.91 Å². The molecule has 0 saturated heterocycles. The van der Waals surface area contributed by atoms with Crippen molar-refractivity contribution in [3.63, 3.8) is 0 Å². The largest absolute Gasteiger partial charge is 0.337 e. The van der Waals surface area contributed by atoms with Crippen molar-refractivity contribution in [2.24, 2.45) is 0 Å². The van der Waals surface area contributed by atoms with Crippen LogP contribution in [0.4, 0.5) is 5.69 Å². The molecule has 0 aliphatic carbocycles. The SMILES string of the molecule is CN(Cc1ccccc1)C(=O)c1ccccc1NC(=O)CSc1ccccc1. The van der Waals surface area contributed by atoms with Gasteiger partial charge in [0.15, 0.2) is 0 Å². The maximum absolute atomic E-state index is 12.9. The van der Waals surface area contributed by atoms with Crippen molar-refractivity contribution in [3.05, 3.63) is 96.1 Å². The van der Waals surface area contributed by atoms with Gasteiger partial charge in [-0.05, 0) is 29.8 Å². The minimum absolute atomic E-state index is 0.129. The highest BCUT2D eigenvalue weighted by atomic mass is 32.2. The van der Waals surface area contributed by atoms with E-state index in [0.717, 1.165) is 10.5 Å². The summed E-state index contributed by atoms with van der Waals surface area (Å²) in [5, 5.41) is 2.87. The summed E-state index contributed by atoms with van der Waals surface area (Å²) in [4.78, 5) is 27.9. The van der Waals surface area contributed by atoms with Crippen LogP contribution in [0.25, 0.3) is 0 Å². The van der Waals surface area contributed by atoms with Gasteiger partial charge in [0.2, 0.25) is 5.91 Å². The first-order valence-electron chi connectivity index (χ1n) is 8.99. The van der Waals surface area contributed by atoms with Gasteiger partial charge in [0.1, 0.15) is 0 Å². The van der Waals surface area contributed by atoms with Crippen LogP contribution in [0.2, 0.25) is 0 Å². The van der Waals surface area contributed by atoms with Crippen LogP contribution in [0.5, 0.6) is 0 Å². The molecule has 0 bridgehead atoms. The lowest BCUT2D eigenvalue weighted by atomic mass is 10.1. The van der Waals surface area contributed by atoms with E-state index in [1.165, 1.54) is 11.8 Å². The summed E-state index contributed by atoms with van der Waals surface area (Å²) in [6.45, 7) is 0.506. The number of rotatable bonds is 7. The Kier molecular flexibility index (Phi) is 6.87. The van der Waals surface area contributed by atoms with Crippen molar-refractivity contribution >= 4 is 29.3 Å². The van der Waals surface area contributed by atoms with Crippen molar-refractivity contribution in [1.82, 2.24) is 4.90 Å². The Labute approximate surface area is 169 Å². The van der Waals surface area contributed by atoms with Gasteiger partial charge in [0, 0.05) is 18.5 Å². The predicted octanol–water partition coefficient (Wildman–Crippen LogP) is 4.69. The molecule has 1 N–H and O–H groups in total. The van der Waals surface area contributed by atoms with Gasteiger partial charge in [-0.2, -0.15) is 0 Å². The molecule has 0 aliphatic rings. The monoisotopic (exact) mass is 390 g/mol. The Morgan fingerprint density at radius 3 is 2.18 bits per heavy atom. The van der Waals surface area contributed by atoms with Crippen molar-refractivity contribution in [3.8, 4) is 0 Å². The fourth-order valence-corrected chi connectivity index (χ4v) is 3.48. The summed E-state index contributed by atoms with van der Waals surface area (Å²) in [5.74, 6) is 0.0159. The first-order chi connectivity index (χ1) is 13.6. The van der Waals surface area contributed by atoms with Crippen molar-refractivity contribution in [2.75, 3.05) is 18.1 Å². The van der Waals surface area contributed by atoms with Gasteiger partial charge in [-0.3, -0.25) is 9.59 Å². The minimum atomic E-state index is -0.139. The second-order valence-corrected chi connectivity index (χ2v) is 7.39. The average Bonchev–Trinajstić information content (AvgIpc) is 2.73. The molecule has 28 heavy (non-hydrogen) atoms. The molecule has 4 nitrogen and oxygen atoms in total. The van der Waals surface area contributed by atoms with Crippen LogP contribution in [0.3, 0.4) is 0 Å². The zero-order chi connectivity index (χ0) is 19.8. The number of para-hydroxylation sites is 1. The summed E-state index contributed by atoms with van der Waals surface area (Å²) in [5.41, 5.74) is 2.07. The lowest BCUT2D eigenvalue weighted by Gasteiger charge is -2.19. The Balaban J connectivity index is 1.64. The molecule has 142 valence electrons. The second kappa shape index (κ2) is 9.76. The molecular formula is C23H22N2O2S. The second-order valence-electron chi connectivity index (χ2n) is 6.34. The van der Waals surface area contributed by atoms with E-state index in [9.17, 15) is 9.59 Å². The predicted molar refractivity (Wildman–Crippen MR) is 114 cm³/mol. The maximum atomic E-state index is 12.9. The van der Waals surface area contributed by atoms with Gasteiger partial charge in [-0.25, -0.2) is 0 Å². The van der Waals surface area contributed by atoms with E-state index >= 15 is 0 Å². The Bertz CT molecular complexity index is 930. The summed E-state index contributed by atoms with van der Waals surface area (Å²) in [6.07, 6.45) is 0. The number of thioether (sulfide) groups is 1. The van der Waals surface area contributed by atoms with Gasteiger partial charge in [-0.15, -0.1) is 11.8 Å². The highest BCUT2D eigenvalue weighted by molar-refractivity contribution is 8.00. The number of nitrogens with one attached hydrogen (secondary N) is 1. The molecule has 2 amide bonds. The Morgan fingerprint density at radius 1 is 0.857 bits per heavy atom. The molecule has 3 aromatic carbocycles. The van der Waals surface area contributed by atoms with Gasteiger partial charge in [-0.1, -0.05) is 60.7 Å². The van der Waals surface area contributed by atoms with Gasteiger partial charge < -0.3 is 10.2 Å². The van der Waals surface area contributed by atoms with E-state index < -0.39 is 0 Å². The third-order valence-corrected chi connectivity index (χ3v) is 5.17. The number of hydrogen-bond acceptors (Lipinski definition) is 3. The van der Waals surface area contributed by atoms with E-state index in [-0.39, 0.29) is 17.6 Å². The fourth-order valence-electron chi connectivity index (χ4n) is 2.77. The number of carbonyl (C=O) groups excluding carboxylic acids is 2. The van der Waals surface area contributed by atoms with E-state index in [2.05, 4.69) is 5.32 Å². The highest BCUT2D eigenvalue weighted by Gasteiger charge is 2.17. The normalized spacial score (nSPS) is 10.3. The molecule has 0 atom stereocenters. The standard InChI is InChI=1S/C23H22N2O2S/c1-25(16-18-10-4-2-5-11-18)23(27)20-14-8-9-15-21(20)24-22(26)17-28-19-12-6-3-7-13-19/h2-15H,16-17H2,1H3,(H,24,26). The highest BCUT2D eigenvalue weighted by Crippen LogP contribution is 2.20. The van der Waals surface area contributed by atoms with E-state index in [1.807, 2.05) is 66.7 Å². The number of anilines is 1. The zero-order valence-electron chi connectivity index (χ0n) is 15.7. The van der Waals surface area contributed by atoms with Gasteiger partial charge >= 0.3 is 0 Å². The van der Waals surface area contributed by atoms with Crippen LogP contribution < -0.4 is 5.32 Å². The van der Waals surface area contributed by atoms with Crippen LogP contribution >= 0.6 is 11.8 Å². The number of amides is 2. The zero-order valence-corrected chi connectivity index (χ0v) is 16.5. The Hall–Kier alpha value is -3.05. The molecule has 0 radical (unpaired) electrons. The molecule has 0 aliphatic heterocycles. The molecule has 3 aromatic rings. The van der Waals surface area contributed by atoms with Crippen LogP contribution in [0, 0.1) is 0 Å².